The minimum Gasteiger partial charge on any atom is -0.207 e. The lowest BCUT2D eigenvalue weighted by Crippen LogP contribution is -2.43. The average molecular weight is 278 g/mol. The maximum Gasteiger partial charge on any atom is 0.243 e. The molecule has 0 bridgehead atoms. The van der Waals surface area contributed by atoms with Gasteiger partial charge in [-0.05, 0) is 31.9 Å². The second-order valence-electron chi connectivity index (χ2n) is 4.94. The lowest BCUT2D eigenvalue weighted by Gasteiger charge is -2.33. The van der Waals surface area contributed by atoms with E-state index in [2.05, 4.69) is 6.07 Å². The van der Waals surface area contributed by atoms with Crippen LogP contribution in [0.4, 0.5) is 0 Å². The molecule has 0 radical (unpaired) electrons. The first-order chi connectivity index (χ1) is 9.05. The van der Waals surface area contributed by atoms with Crippen LogP contribution in [-0.4, -0.2) is 25.3 Å². The van der Waals surface area contributed by atoms with Crippen LogP contribution in [0.15, 0.2) is 29.2 Å². The van der Waals surface area contributed by atoms with E-state index in [4.69, 9.17) is 5.26 Å². The average Bonchev–Trinajstić information content (AvgIpc) is 2.40. The van der Waals surface area contributed by atoms with E-state index in [9.17, 15) is 8.42 Å². The summed E-state index contributed by atoms with van der Waals surface area (Å²) >= 11 is 0. The molecule has 1 fully saturated rings. The molecule has 1 heterocycles. The van der Waals surface area contributed by atoms with E-state index >= 15 is 0 Å². The highest BCUT2D eigenvalue weighted by Crippen LogP contribution is 2.26. The van der Waals surface area contributed by atoms with Crippen LogP contribution >= 0.6 is 0 Å². The van der Waals surface area contributed by atoms with E-state index in [1.54, 1.807) is 24.3 Å². The number of nitrogens with zero attached hydrogens (tertiary/aromatic N) is 2. The zero-order valence-electron chi connectivity index (χ0n) is 11.0. The zero-order valence-corrected chi connectivity index (χ0v) is 11.9. The minimum atomic E-state index is -3.47. The summed E-state index contributed by atoms with van der Waals surface area (Å²) in [6.45, 7) is 2.44. The van der Waals surface area contributed by atoms with Crippen LogP contribution in [-0.2, 0) is 10.0 Å². The highest BCUT2D eigenvalue weighted by molar-refractivity contribution is 7.89. The van der Waals surface area contributed by atoms with Gasteiger partial charge in [0, 0.05) is 12.6 Å². The number of sulfonamides is 1. The molecule has 0 saturated carbocycles. The largest absolute Gasteiger partial charge is 0.243 e. The number of piperidine rings is 1. The van der Waals surface area contributed by atoms with Crippen molar-refractivity contribution in [3.8, 4) is 6.07 Å². The molecule has 0 aromatic heterocycles. The van der Waals surface area contributed by atoms with Crippen molar-refractivity contribution in [3.05, 3.63) is 29.8 Å². The van der Waals surface area contributed by atoms with Gasteiger partial charge in [-0.15, -0.1) is 0 Å². The van der Waals surface area contributed by atoms with Gasteiger partial charge in [-0.3, -0.25) is 0 Å². The van der Waals surface area contributed by atoms with Crippen LogP contribution in [0.3, 0.4) is 0 Å². The fourth-order valence-electron chi connectivity index (χ4n) is 2.45. The summed E-state index contributed by atoms with van der Waals surface area (Å²) in [6.07, 6.45) is 2.91. The molecule has 0 N–H and O–H groups in total. The maximum absolute atomic E-state index is 12.6. The monoisotopic (exact) mass is 278 g/mol. The first kappa shape index (κ1) is 14.0. The summed E-state index contributed by atoms with van der Waals surface area (Å²) < 4.78 is 26.7. The van der Waals surface area contributed by atoms with Gasteiger partial charge in [0.15, 0.2) is 0 Å². The van der Waals surface area contributed by atoms with Gasteiger partial charge in [-0.25, -0.2) is 8.42 Å². The van der Waals surface area contributed by atoms with Gasteiger partial charge in [0.05, 0.1) is 17.4 Å². The van der Waals surface area contributed by atoms with Crippen LogP contribution in [0.25, 0.3) is 0 Å². The molecule has 102 valence electrons. The van der Waals surface area contributed by atoms with E-state index in [0.29, 0.717) is 11.4 Å². The number of rotatable bonds is 3. The van der Waals surface area contributed by atoms with Crippen LogP contribution in [0, 0.1) is 18.3 Å². The number of hydrogen-bond donors (Lipinski definition) is 0. The van der Waals surface area contributed by atoms with E-state index in [1.165, 1.54) is 4.31 Å². The molecule has 1 aromatic rings. The second-order valence-corrected chi connectivity index (χ2v) is 6.83. The van der Waals surface area contributed by atoms with Gasteiger partial charge in [-0.1, -0.05) is 24.1 Å². The summed E-state index contributed by atoms with van der Waals surface area (Å²) in [7, 11) is -3.47. The summed E-state index contributed by atoms with van der Waals surface area (Å²) in [6, 6.07) is 8.80. The van der Waals surface area contributed by atoms with E-state index in [1.807, 2.05) is 6.92 Å². The minimum absolute atomic E-state index is 0.176. The molecule has 1 unspecified atom stereocenters. The van der Waals surface area contributed by atoms with Gasteiger partial charge in [-0.2, -0.15) is 9.57 Å². The van der Waals surface area contributed by atoms with E-state index in [-0.39, 0.29) is 12.5 Å². The lowest BCUT2D eigenvalue weighted by molar-refractivity contribution is 0.255. The molecule has 1 aromatic carbocycles. The lowest BCUT2D eigenvalue weighted by atomic mass is 10.0. The smallest absolute Gasteiger partial charge is 0.207 e. The van der Waals surface area contributed by atoms with Crippen molar-refractivity contribution < 1.29 is 8.42 Å². The third kappa shape index (κ3) is 2.96. The van der Waals surface area contributed by atoms with Crippen LogP contribution in [0.1, 0.15) is 31.2 Å². The van der Waals surface area contributed by atoms with Gasteiger partial charge >= 0.3 is 0 Å². The van der Waals surface area contributed by atoms with Crippen molar-refractivity contribution in [1.82, 2.24) is 4.31 Å². The third-order valence-electron chi connectivity index (χ3n) is 3.53. The Labute approximate surface area is 114 Å². The van der Waals surface area contributed by atoms with E-state index in [0.717, 1.165) is 24.8 Å². The Bertz CT molecular complexity index is 572. The Hall–Kier alpha value is -1.38. The molecule has 0 amide bonds. The molecule has 5 heteroatoms. The van der Waals surface area contributed by atoms with Gasteiger partial charge in [0.25, 0.3) is 0 Å². The fourth-order valence-corrected chi connectivity index (χ4v) is 4.14. The predicted molar refractivity (Wildman–Crippen MR) is 72.9 cm³/mol. The summed E-state index contributed by atoms with van der Waals surface area (Å²) in [4.78, 5) is 0.322. The fraction of sp³-hybridized carbons (Fsp3) is 0.500. The standard InChI is InChI=1S/C14H18N2O2S/c1-12-5-7-14(8-6-12)19(17,18)16-11-3-2-4-13(16)9-10-15/h5-8,13H,2-4,9,11H2,1H3. The van der Waals surface area contributed by atoms with Crippen molar-refractivity contribution in [3.63, 3.8) is 0 Å². The van der Waals surface area contributed by atoms with Crippen molar-refractivity contribution in [2.75, 3.05) is 6.54 Å². The Morgan fingerprint density at radius 2 is 2.00 bits per heavy atom. The quantitative estimate of drug-likeness (QED) is 0.853. The topological polar surface area (TPSA) is 61.2 Å². The predicted octanol–water partition coefficient (Wildman–Crippen LogP) is 2.45. The van der Waals surface area contributed by atoms with Crippen molar-refractivity contribution >= 4 is 10.0 Å². The first-order valence-electron chi connectivity index (χ1n) is 6.51. The molecular formula is C14H18N2O2S. The van der Waals surface area contributed by atoms with Gasteiger partial charge < -0.3 is 0 Å². The molecule has 1 aliphatic rings. The number of benzene rings is 1. The van der Waals surface area contributed by atoms with Crippen molar-refractivity contribution in [1.29, 1.82) is 5.26 Å². The van der Waals surface area contributed by atoms with Crippen molar-refractivity contribution in [2.24, 2.45) is 0 Å². The van der Waals surface area contributed by atoms with Crippen LogP contribution in [0.2, 0.25) is 0 Å². The Balaban J connectivity index is 2.32. The number of aryl methyl sites for hydroxylation is 1. The highest BCUT2D eigenvalue weighted by Gasteiger charge is 2.33. The SMILES string of the molecule is Cc1ccc(S(=O)(=O)N2CCCCC2CC#N)cc1. The summed E-state index contributed by atoms with van der Waals surface area (Å²) in [5, 5.41) is 8.84. The third-order valence-corrected chi connectivity index (χ3v) is 5.49. The number of hydrogen-bond acceptors (Lipinski definition) is 3. The molecule has 0 aliphatic carbocycles. The molecule has 2 rings (SSSR count). The molecule has 1 atom stereocenters. The Morgan fingerprint density at radius 1 is 1.32 bits per heavy atom. The van der Waals surface area contributed by atoms with Crippen LogP contribution in [0.5, 0.6) is 0 Å². The maximum atomic E-state index is 12.6. The molecular weight excluding hydrogens is 260 g/mol. The normalized spacial score (nSPS) is 20.9. The first-order valence-corrected chi connectivity index (χ1v) is 7.95. The van der Waals surface area contributed by atoms with Gasteiger partial charge in [0.1, 0.15) is 0 Å². The van der Waals surface area contributed by atoms with E-state index < -0.39 is 10.0 Å². The Kier molecular flexibility index (Phi) is 4.23. The molecule has 4 nitrogen and oxygen atoms in total. The van der Waals surface area contributed by atoms with Crippen LogP contribution < -0.4 is 0 Å². The summed E-state index contributed by atoms with van der Waals surface area (Å²) in [5.41, 5.74) is 1.03. The second kappa shape index (κ2) is 5.72. The Morgan fingerprint density at radius 3 is 2.63 bits per heavy atom. The highest BCUT2D eigenvalue weighted by atomic mass is 32.2. The van der Waals surface area contributed by atoms with Gasteiger partial charge in [0.2, 0.25) is 10.0 Å². The zero-order chi connectivity index (χ0) is 13.9. The molecule has 1 aliphatic heterocycles. The summed E-state index contributed by atoms with van der Waals surface area (Å²) in [5.74, 6) is 0. The molecule has 19 heavy (non-hydrogen) atoms. The number of nitriles is 1. The molecule has 0 spiro atoms. The van der Waals surface area contributed by atoms with Crippen molar-refractivity contribution in [2.45, 2.75) is 43.5 Å². The molecule has 1 saturated heterocycles.